The second-order valence-corrected chi connectivity index (χ2v) is 5.89. The van der Waals surface area contributed by atoms with Crippen LogP contribution in [0.1, 0.15) is 44.1 Å². The Morgan fingerprint density at radius 2 is 1.57 bits per heavy atom. The first-order chi connectivity index (χ1) is 11.2. The van der Waals surface area contributed by atoms with E-state index in [9.17, 15) is 9.59 Å². The first-order valence-electron chi connectivity index (χ1n) is 8.25. The molecule has 2 aromatic rings. The van der Waals surface area contributed by atoms with Crippen LogP contribution >= 0.6 is 0 Å². The highest BCUT2D eigenvalue weighted by molar-refractivity contribution is 5.86. The topological polar surface area (TPSA) is 43.4 Å². The Bertz CT molecular complexity index is 661. The molecule has 0 fully saturated rings. The zero-order chi connectivity index (χ0) is 16.5. The fraction of sp³-hybridized carbons (Fsp3) is 0.400. The Hall–Kier alpha value is -2.16. The Morgan fingerprint density at radius 3 is 2.30 bits per heavy atom. The van der Waals surface area contributed by atoms with Gasteiger partial charge >= 0.3 is 5.97 Å². The molecule has 0 aliphatic carbocycles. The van der Waals surface area contributed by atoms with Crippen molar-refractivity contribution in [3.8, 4) is 0 Å². The Labute approximate surface area is 137 Å². The molecule has 2 aromatic carbocycles. The van der Waals surface area contributed by atoms with Gasteiger partial charge in [-0.05, 0) is 29.2 Å². The highest BCUT2D eigenvalue weighted by Crippen LogP contribution is 2.17. The number of carbonyl (C=O) groups excluding carboxylic acids is 2. The molecule has 0 radical (unpaired) electrons. The molecule has 0 N–H and O–H groups in total. The van der Waals surface area contributed by atoms with Crippen LogP contribution in [0.2, 0.25) is 0 Å². The lowest BCUT2D eigenvalue weighted by Crippen LogP contribution is -2.03. The first kappa shape index (κ1) is 17.2. The lowest BCUT2D eigenvalue weighted by atomic mass is 10.0. The smallest absolute Gasteiger partial charge is 0.305 e. The van der Waals surface area contributed by atoms with Crippen LogP contribution in [-0.2, 0) is 20.7 Å². The van der Waals surface area contributed by atoms with E-state index in [1.54, 1.807) is 0 Å². The van der Waals surface area contributed by atoms with Gasteiger partial charge in [0.1, 0.15) is 5.78 Å². The summed E-state index contributed by atoms with van der Waals surface area (Å²) in [6.45, 7) is 0. The number of unbranched alkanes of at least 4 members (excludes halogenated alkanes) is 3. The third kappa shape index (κ3) is 5.85. The van der Waals surface area contributed by atoms with Gasteiger partial charge < -0.3 is 4.74 Å². The lowest BCUT2D eigenvalue weighted by molar-refractivity contribution is -0.140. The minimum Gasteiger partial charge on any atom is -0.469 e. The quantitative estimate of drug-likeness (QED) is 0.507. The first-order valence-corrected chi connectivity index (χ1v) is 8.25. The van der Waals surface area contributed by atoms with E-state index in [-0.39, 0.29) is 11.8 Å². The summed E-state index contributed by atoms with van der Waals surface area (Å²) in [6, 6.07) is 14.4. The zero-order valence-corrected chi connectivity index (χ0v) is 13.7. The molecule has 2 rings (SSSR count). The third-order valence-corrected chi connectivity index (χ3v) is 4.03. The molecule has 0 unspecified atom stereocenters. The Kier molecular flexibility index (Phi) is 6.79. The van der Waals surface area contributed by atoms with Crippen LogP contribution < -0.4 is 0 Å². The number of methoxy groups -OCH3 is 1. The molecule has 3 nitrogen and oxygen atoms in total. The number of ether oxygens (including phenoxy) is 1. The Morgan fingerprint density at radius 1 is 0.870 bits per heavy atom. The van der Waals surface area contributed by atoms with Crippen molar-refractivity contribution in [2.24, 2.45) is 0 Å². The molecule has 23 heavy (non-hydrogen) atoms. The van der Waals surface area contributed by atoms with Gasteiger partial charge in [-0.3, -0.25) is 9.59 Å². The molecule has 0 amide bonds. The molecule has 122 valence electrons. The number of Topliss-reactive ketones (excluding diaryl/α,β-unsaturated/α-hetero) is 1. The molecule has 0 bridgehead atoms. The number of benzene rings is 2. The van der Waals surface area contributed by atoms with Gasteiger partial charge in [0.15, 0.2) is 0 Å². The average molecular weight is 312 g/mol. The number of esters is 1. The number of rotatable bonds is 9. The summed E-state index contributed by atoms with van der Waals surface area (Å²) in [4.78, 5) is 23.0. The van der Waals surface area contributed by atoms with E-state index in [1.165, 1.54) is 17.9 Å². The van der Waals surface area contributed by atoms with Crippen molar-refractivity contribution in [2.45, 2.75) is 44.9 Å². The second-order valence-electron chi connectivity index (χ2n) is 5.89. The van der Waals surface area contributed by atoms with Gasteiger partial charge in [0, 0.05) is 19.3 Å². The van der Waals surface area contributed by atoms with Gasteiger partial charge in [-0.2, -0.15) is 0 Å². The summed E-state index contributed by atoms with van der Waals surface area (Å²) < 4.78 is 4.60. The van der Waals surface area contributed by atoms with Gasteiger partial charge in [-0.15, -0.1) is 0 Å². The highest BCUT2D eigenvalue weighted by atomic mass is 16.5. The van der Waals surface area contributed by atoms with Crippen LogP contribution in [0, 0.1) is 0 Å². The molecule has 0 aliphatic rings. The van der Waals surface area contributed by atoms with Gasteiger partial charge in [-0.1, -0.05) is 55.3 Å². The van der Waals surface area contributed by atoms with Gasteiger partial charge in [0.05, 0.1) is 7.11 Å². The predicted octanol–water partition coefficient (Wildman–Crippen LogP) is 4.47. The predicted molar refractivity (Wildman–Crippen MR) is 92.4 cm³/mol. The van der Waals surface area contributed by atoms with E-state index in [4.69, 9.17) is 0 Å². The van der Waals surface area contributed by atoms with Crippen molar-refractivity contribution in [1.82, 2.24) is 0 Å². The molecular weight excluding hydrogens is 288 g/mol. The average Bonchev–Trinajstić information content (AvgIpc) is 2.57. The van der Waals surface area contributed by atoms with E-state index in [2.05, 4.69) is 29.0 Å². The maximum atomic E-state index is 12.1. The van der Waals surface area contributed by atoms with Crippen molar-refractivity contribution in [3.05, 3.63) is 48.0 Å². The van der Waals surface area contributed by atoms with Crippen LogP contribution in [0.25, 0.3) is 10.8 Å². The fourth-order valence-electron chi connectivity index (χ4n) is 2.71. The van der Waals surface area contributed by atoms with Gasteiger partial charge in [-0.25, -0.2) is 0 Å². The molecule has 0 aromatic heterocycles. The summed E-state index contributed by atoms with van der Waals surface area (Å²) in [7, 11) is 1.41. The molecule has 3 heteroatoms. The maximum absolute atomic E-state index is 12.1. The van der Waals surface area contributed by atoms with E-state index < -0.39 is 0 Å². The third-order valence-electron chi connectivity index (χ3n) is 4.03. The van der Waals surface area contributed by atoms with E-state index in [0.717, 1.165) is 31.2 Å². The second kappa shape index (κ2) is 9.09. The lowest BCUT2D eigenvalue weighted by Gasteiger charge is -2.04. The van der Waals surface area contributed by atoms with Crippen molar-refractivity contribution < 1.29 is 14.3 Å². The van der Waals surface area contributed by atoms with Crippen LogP contribution in [0.15, 0.2) is 42.5 Å². The summed E-state index contributed by atoms with van der Waals surface area (Å²) in [5.74, 6) is 0.130. The zero-order valence-electron chi connectivity index (χ0n) is 13.7. The fourth-order valence-corrected chi connectivity index (χ4v) is 2.71. The molecule has 0 atom stereocenters. The monoisotopic (exact) mass is 312 g/mol. The highest BCUT2D eigenvalue weighted by Gasteiger charge is 2.05. The standard InChI is InChI=1S/C20H24O3/c1-23-20(22)11-5-3-2-4-10-19(21)15-16-12-13-17-8-6-7-9-18(17)14-16/h6-9,12-14H,2-5,10-11,15H2,1H3. The number of ketones is 1. The summed E-state index contributed by atoms with van der Waals surface area (Å²) in [5.41, 5.74) is 1.08. The largest absolute Gasteiger partial charge is 0.469 e. The summed E-state index contributed by atoms with van der Waals surface area (Å²) in [5, 5.41) is 2.38. The molecule has 0 aliphatic heterocycles. The molecule has 0 saturated heterocycles. The summed E-state index contributed by atoms with van der Waals surface area (Å²) in [6.07, 6.45) is 5.29. The Balaban J connectivity index is 1.68. The molecule has 0 spiro atoms. The van der Waals surface area contributed by atoms with Crippen LogP contribution in [0.5, 0.6) is 0 Å². The van der Waals surface area contributed by atoms with Gasteiger partial charge in [0.2, 0.25) is 0 Å². The normalized spacial score (nSPS) is 10.7. The number of hydrogen-bond acceptors (Lipinski definition) is 3. The van der Waals surface area contributed by atoms with Crippen LogP contribution in [0.3, 0.4) is 0 Å². The number of carbonyl (C=O) groups is 2. The number of hydrogen-bond donors (Lipinski definition) is 0. The minimum atomic E-state index is -0.155. The molecular formula is C20H24O3. The maximum Gasteiger partial charge on any atom is 0.305 e. The van der Waals surface area contributed by atoms with Crippen LogP contribution in [-0.4, -0.2) is 18.9 Å². The van der Waals surface area contributed by atoms with E-state index in [1.807, 2.05) is 18.2 Å². The van der Waals surface area contributed by atoms with Crippen molar-refractivity contribution in [1.29, 1.82) is 0 Å². The molecule has 0 heterocycles. The van der Waals surface area contributed by atoms with E-state index >= 15 is 0 Å². The van der Waals surface area contributed by atoms with Crippen molar-refractivity contribution in [2.75, 3.05) is 7.11 Å². The minimum absolute atomic E-state index is 0.155. The van der Waals surface area contributed by atoms with Crippen LogP contribution in [0.4, 0.5) is 0 Å². The number of fused-ring (bicyclic) bond motifs is 1. The molecule has 0 saturated carbocycles. The van der Waals surface area contributed by atoms with Crippen molar-refractivity contribution in [3.63, 3.8) is 0 Å². The van der Waals surface area contributed by atoms with Gasteiger partial charge in [0.25, 0.3) is 0 Å². The van der Waals surface area contributed by atoms with Crippen molar-refractivity contribution >= 4 is 22.5 Å². The SMILES string of the molecule is COC(=O)CCCCCCC(=O)Cc1ccc2ccccc2c1. The van der Waals surface area contributed by atoms with E-state index in [0.29, 0.717) is 19.3 Å². The summed E-state index contributed by atoms with van der Waals surface area (Å²) >= 11 is 0.